The van der Waals surface area contributed by atoms with E-state index < -0.39 is 22.5 Å². The zero-order valence-corrected chi connectivity index (χ0v) is 9.63. The average Bonchev–Trinajstić information content (AvgIpc) is 2.87. The first-order valence-corrected chi connectivity index (χ1v) is 5.34. The van der Waals surface area contributed by atoms with Gasteiger partial charge in [0.25, 0.3) is 5.91 Å². The van der Waals surface area contributed by atoms with Crippen molar-refractivity contribution in [3.05, 3.63) is 63.7 Å². The third-order valence-electron chi connectivity index (χ3n) is 2.39. The van der Waals surface area contributed by atoms with Gasteiger partial charge in [-0.2, -0.15) is 0 Å². The smallest absolute Gasteiger partial charge is 0.395 e. The Morgan fingerprint density at radius 1 is 1.32 bits per heavy atom. The van der Waals surface area contributed by atoms with E-state index in [0.29, 0.717) is 5.56 Å². The fourth-order valence-electron chi connectivity index (χ4n) is 1.45. The second-order valence-electron chi connectivity index (χ2n) is 3.67. The van der Waals surface area contributed by atoms with Crippen molar-refractivity contribution in [1.29, 1.82) is 0 Å². The molecule has 2 rings (SSSR count). The van der Waals surface area contributed by atoms with Gasteiger partial charge in [-0.25, -0.2) is 4.39 Å². The zero-order valence-electron chi connectivity index (χ0n) is 9.63. The summed E-state index contributed by atoms with van der Waals surface area (Å²) in [6.45, 7) is -0.0278. The summed E-state index contributed by atoms with van der Waals surface area (Å²) in [7, 11) is 0. The van der Waals surface area contributed by atoms with E-state index in [2.05, 4.69) is 5.32 Å². The van der Waals surface area contributed by atoms with Crippen molar-refractivity contribution in [1.82, 2.24) is 5.32 Å². The van der Waals surface area contributed by atoms with Crippen LogP contribution in [0, 0.1) is 15.9 Å². The first-order chi connectivity index (χ1) is 9.08. The molecule has 0 aliphatic carbocycles. The second kappa shape index (κ2) is 5.30. The fraction of sp³-hybridized carbons (Fsp3) is 0.0833. The lowest BCUT2D eigenvalue weighted by Gasteiger charge is -2.04. The minimum Gasteiger partial charge on any atom is -0.395 e. The Bertz CT molecular complexity index is 624. The minimum atomic E-state index is -0.742. The highest BCUT2D eigenvalue weighted by molar-refractivity contribution is 5.91. The standard InChI is InChI=1S/C12H9FN2O4/c13-9-4-2-1-3-8(9)7-14-12(16)10-5-6-11(19-10)15(17)18/h1-6H,7H2,(H,14,16). The van der Waals surface area contributed by atoms with E-state index in [1.807, 2.05) is 0 Å². The lowest BCUT2D eigenvalue weighted by molar-refractivity contribution is -0.402. The third-order valence-corrected chi connectivity index (χ3v) is 2.39. The molecule has 1 N–H and O–H groups in total. The molecule has 1 aromatic carbocycles. The lowest BCUT2D eigenvalue weighted by atomic mass is 10.2. The quantitative estimate of drug-likeness (QED) is 0.678. The number of furan rings is 1. The highest BCUT2D eigenvalue weighted by atomic mass is 19.1. The lowest BCUT2D eigenvalue weighted by Crippen LogP contribution is -2.22. The van der Waals surface area contributed by atoms with Crippen LogP contribution >= 0.6 is 0 Å². The van der Waals surface area contributed by atoms with E-state index in [-0.39, 0.29) is 12.3 Å². The summed E-state index contributed by atoms with van der Waals surface area (Å²) in [5.41, 5.74) is 0.317. The van der Waals surface area contributed by atoms with Crippen molar-refractivity contribution in [2.75, 3.05) is 0 Å². The normalized spacial score (nSPS) is 10.2. The van der Waals surface area contributed by atoms with Gasteiger partial charge in [0.15, 0.2) is 5.76 Å². The molecule has 0 atom stereocenters. The van der Waals surface area contributed by atoms with E-state index in [9.17, 15) is 19.3 Å². The summed E-state index contributed by atoms with van der Waals surface area (Å²) < 4.78 is 18.0. The first kappa shape index (κ1) is 12.7. The molecule has 0 radical (unpaired) electrons. The number of amides is 1. The van der Waals surface area contributed by atoms with Gasteiger partial charge >= 0.3 is 5.88 Å². The fourth-order valence-corrected chi connectivity index (χ4v) is 1.45. The van der Waals surface area contributed by atoms with Gasteiger partial charge in [0.05, 0.1) is 6.07 Å². The molecule has 6 nitrogen and oxygen atoms in total. The van der Waals surface area contributed by atoms with Crippen LogP contribution in [-0.4, -0.2) is 10.8 Å². The molecule has 0 aliphatic rings. The zero-order chi connectivity index (χ0) is 13.8. The molecule has 1 amide bonds. The highest BCUT2D eigenvalue weighted by Gasteiger charge is 2.17. The number of nitrogens with one attached hydrogen (secondary N) is 1. The molecule has 0 fully saturated rings. The van der Waals surface area contributed by atoms with Crippen molar-refractivity contribution in [2.45, 2.75) is 6.54 Å². The van der Waals surface area contributed by atoms with Crippen molar-refractivity contribution in [2.24, 2.45) is 0 Å². The molecule has 0 unspecified atom stereocenters. The van der Waals surface area contributed by atoms with Crippen LogP contribution < -0.4 is 5.32 Å². The molecular formula is C12H9FN2O4. The molecule has 0 aliphatic heterocycles. The van der Waals surface area contributed by atoms with Crippen LogP contribution in [0.5, 0.6) is 0 Å². The van der Waals surface area contributed by atoms with Crippen LogP contribution in [0.25, 0.3) is 0 Å². The number of nitrogens with zero attached hydrogens (tertiary/aromatic N) is 1. The van der Waals surface area contributed by atoms with Crippen LogP contribution in [0.2, 0.25) is 0 Å². The molecule has 19 heavy (non-hydrogen) atoms. The first-order valence-electron chi connectivity index (χ1n) is 5.34. The van der Waals surface area contributed by atoms with Crippen molar-refractivity contribution in [3.63, 3.8) is 0 Å². The molecule has 1 aromatic heterocycles. The Balaban J connectivity index is 2.01. The Labute approximate surface area is 107 Å². The summed E-state index contributed by atoms with van der Waals surface area (Å²) in [4.78, 5) is 21.3. The monoisotopic (exact) mass is 264 g/mol. The third kappa shape index (κ3) is 2.95. The summed E-state index contributed by atoms with van der Waals surface area (Å²) in [5.74, 6) is -1.79. The Hall–Kier alpha value is -2.70. The molecule has 0 spiro atoms. The predicted molar refractivity (Wildman–Crippen MR) is 62.9 cm³/mol. The van der Waals surface area contributed by atoms with E-state index in [1.165, 1.54) is 24.3 Å². The number of rotatable bonds is 4. The van der Waals surface area contributed by atoms with Gasteiger partial charge < -0.3 is 9.73 Å². The Kier molecular flexibility index (Phi) is 3.56. The number of hydrogen-bond donors (Lipinski definition) is 1. The molecular weight excluding hydrogens is 255 g/mol. The molecule has 98 valence electrons. The van der Waals surface area contributed by atoms with Crippen LogP contribution in [0.15, 0.2) is 40.8 Å². The van der Waals surface area contributed by atoms with E-state index in [4.69, 9.17) is 4.42 Å². The van der Waals surface area contributed by atoms with Crippen LogP contribution in [-0.2, 0) is 6.54 Å². The molecule has 1 heterocycles. The number of carbonyl (C=O) groups excluding carboxylic acids is 1. The minimum absolute atomic E-state index is 0.0278. The topological polar surface area (TPSA) is 85.4 Å². The summed E-state index contributed by atoms with van der Waals surface area (Å²) >= 11 is 0. The number of carbonyl (C=O) groups is 1. The maximum atomic E-state index is 13.3. The second-order valence-corrected chi connectivity index (χ2v) is 3.67. The molecule has 2 aromatic rings. The van der Waals surface area contributed by atoms with Gasteiger partial charge in [-0.1, -0.05) is 18.2 Å². The van der Waals surface area contributed by atoms with Crippen LogP contribution in [0.4, 0.5) is 10.3 Å². The van der Waals surface area contributed by atoms with Gasteiger partial charge in [0.2, 0.25) is 0 Å². The number of halogens is 1. The van der Waals surface area contributed by atoms with Gasteiger partial charge in [-0.05, 0) is 12.1 Å². The van der Waals surface area contributed by atoms with Crippen molar-refractivity contribution in [3.8, 4) is 0 Å². The van der Waals surface area contributed by atoms with Gasteiger partial charge in [-0.3, -0.25) is 14.9 Å². The van der Waals surface area contributed by atoms with E-state index in [1.54, 1.807) is 6.07 Å². The van der Waals surface area contributed by atoms with E-state index >= 15 is 0 Å². The van der Waals surface area contributed by atoms with Crippen molar-refractivity contribution >= 4 is 11.8 Å². The van der Waals surface area contributed by atoms with Gasteiger partial charge in [-0.15, -0.1) is 0 Å². The SMILES string of the molecule is O=C(NCc1ccccc1F)c1ccc([N+](=O)[O-])o1. The predicted octanol–water partition coefficient (Wildman–Crippen LogP) is 2.26. The van der Waals surface area contributed by atoms with Gasteiger partial charge in [0.1, 0.15) is 10.7 Å². The molecule has 0 bridgehead atoms. The van der Waals surface area contributed by atoms with Gasteiger partial charge in [0, 0.05) is 12.1 Å². The summed E-state index contributed by atoms with van der Waals surface area (Å²) in [6.07, 6.45) is 0. The average molecular weight is 264 g/mol. The van der Waals surface area contributed by atoms with Crippen LogP contribution in [0.1, 0.15) is 16.1 Å². The maximum absolute atomic E-state index is 13.3. The number of hydrogen-bond acceptors (Lipinski definition) is 4. The summed E-state index contributed by atoms with van der Waals surface area (Å²) in [5, 5.41) is 12.8. The molecule has 0 saturated carbocycles. The Morgan fingerprint density at radius 2 is 2.05 bits per heavy atom. The maximum Gasteiger partial charge on any atom is 0.433 e. The molecule has 7 heteroatoms. The highest BCUT2D eigenvalue weighted by Crippen LogP contribution is 2.15. The largest absolute Gasteiger partial charge is 0.433 e. The Morgan fingerprint density at radius 3 is 2.68 bits per heavy atom. The van der Waals surface area contributed by atoms with Crippen LogP contribution in [0.3, 0.4) is 0 Å². The van der Waals surface area contributed by atoms with Crippen molar-refractivity contribution < 1.29 is 18.5 Å². The number of nitro groups is 1. The molecule has 0 saturated heterocycles. The van der Waals surface area contributed by atoms with E-state index in [0.717, 1.165) is 6.07 Å². The number of benzene rings is 1. The summed E-state index contributed by atoms with van der Waals surface area (Å²) in [6, 6.07) is 8.26.